The molecule has 1 rings (SSSR count). The van der Waals surface area contributed by atoms with Crippen molar-refractivity contribution >= 4 is 19.7 Å². The van der Waals surface area contributed by atoms with E-state index in [1.807, 2.05) is 32.0 Å². The maximum absolute atomic E-state index is 12.7. The van der Waals surface area contributed by atoms with Crippen molar-refractivity contribution in [2.75, 3.05) is 25.9 Å². The maximum atomic E-state index is 12.7. The third kappa shape index (κ3) is 10.4. The fourth-order valence-corrected chi connectivity index (χ4v) is 4.08. The van der Waals surface area contributed by atoms with Crippen molar-refractivity contribution in [2.45, 2.75) is 45.9 Å². The van der Waals surface area contributed by atoms with Crippen LogP contribution in [0.4, 0.5) is 4.79 Å². The molecule has 0 heterocycles. The van der Waals surface area contributed by atoms with Crippen molar-refractivity contribution in [3.8, 4) is 0 Å². The smallest absolute Gasteiger partial charge is 0.408 e. The molecule has 0 saturated heterocycles. The molecule has 3 N–H and O–H groups in total. The summed E-state index contributed by atoms with van der Waals surface area (Å²) >= 11 is 0. The molecule has 1 aromatic carbocycles. The molecule has 0 saturated carbocycles. The lowest BCUT2D eigenvalue weighted by atomic mass is 10.2. The normalized spacial score (nSPS) is 15.1. The molecule has 0 radical (unpaired) electrons. The van der Waals surface area contributed by atoms with Gasteiger partial charge in [0.1, 0.15) is 12.6 Å². The van der Waals surface area contributed by atoms with Gasteiger partial charge in [0.05, 0.1) is 18.9 Å². The summed E-state index contributed by atoms with van der Waals surface area (Å²) in [5.74, 6) is -1.21. The van der Waals surface area contributed by atoms with Crippen LogP contribution in [0.15, 0.2) is 30.3 Å². The molecule has 0 fully saturated rings. The summed E-state index contributed by atoms with van der Waals surface area (Å²) in [7, 11) is -3.27. The van der Waals surface area contributed by atoms with Crippen molar-refractivity contribution in [3.05, 3.63) is 35.9 Å². The Morgan fingerprint density at radius 1 is 1.21 bits per heavy atom. The number of carboxylic acid groups (broad SMARTS) is 1. The Hall–Kier alpha value is -1.93. The second-order valence-electron chi connectivity index (χ2n) is 6.38. The van der Waals surface area contributed by atoms with E-state index >= 15 is 0 Å². The molecule has 0 bridgehead atoms. The van der Waals surface area contributed by atoms with Crippen molar-refractivity contribution in [1.82, 2.24) is 10.6 Å². The number of ether oxygens (including phenoxy) is 1. The molecule has 0 aliphatic rings. The van der Waals surface area contributed by atoms with Gasteiger partial charge in [-0.1, -0.05) is 37.3 Å². The highest BCUT2D eigenvalue weighted by Crippen LogP contribution is 2.49. The Morgan fingerprint density at radius 2 is 1.90 bits per heavy atom. The highest BCUT2D eigenvalue weighted by atomic mass is 31.2. The van der Waals surface area contributed by atoms with Gasteiger partial charge in [0.25, 0.3) is 0 Å². The van der Waals surface area contributed by atoms with Crippen LogP contribution in [0, 0.1) is 0 Å². The standard InChI is InChI=1S/C19H31N2O7P/c1-4-15(3)28-29(25,27-5-2)12-11-20-13-17(18(22)23)21-19(24)26-14-16-9-7-6-8-10-16/h6-10,15,17,20H,4-5,11-14H2,1-3H3,(H,21,24)(H,22,23). The van der Waals surface area contributed by atoms with E-state index < -0.39 is 25.7 Å². The zero-order valence-electron chi connectivity index (χ0n) is 17.1. The highest BCUT2D eigenvalue weighted by Gasteiger charge is 2.26. The van der Waals surface area contributed by atoms with Crippen molar-refractivity contribution in [3.63, 3.8) is 0 Å². The molecule has 0 aliphatic carbocycles. The molecule has 1 aromatic rings. The number of amides is 1. The van der Waals surface area contributed by atoms with E-state index in [4.69, 9.17) is 13.8 Å². The molecule has 0 spiro atoms. The van der Waals surface area contributed by atoms with E-state index in [9.17, 15) is 19.3 Å². The summed E-state index contributed by atoms with van der Waals surface area (Å²) in [4.78, 5) is 23.2. The van der Waals surface area contributed by atoms with E-state index in [-0.39, 0.29) is 38.6 Å². The summed E-state index contributed by atoms with van der Waals surface area (Å²) in [6.07, 6.45) is -0.250. The van der Waals surface area contributed by atoms with Crippen LogP contribution in [0.25, 0.3) is 0 Å². The largest absolute Gasteiger partial charge is 0.480 e. The number of hydrogen-bond acceptors (Lipinski definition) is 7. The van der Waals surface area contributed by atoms with Gasteiger partial charge in [-0.15, -0.1) is 0 Å². The lowest BCUT2D eigenvalue weighted by molar-refractivity contribution is -0.139. The molecule has 29 heavy (non-hydrogen) atoms. The van der Waals surface area contributed by atoms with Crippen molar-refractivity contribution in [1.29, 1.82) is 0 Å². The van der Waals surface area contributed by atoms with Crippen LogP contribution in [-0.2, 0) is 29.8 Å². The monoisotopic (exact) mass is 430 g/mol. The summed E-state index contributed by atoms with van der Waals surface area (Å²) in [5, 5.41) is 14.5. The molecule has 9 nitrogen and oxygen atoms in total. The molecule has 10 heteroatoms. The van der Waals surface area contributed by atoms with E-state index in [0.29, 0.717) is 6.42 Å². The maximum Gasteiger partial charge on any atom is 0.408 e. The minimum atomic E-state index is -3.27. The van der Waals surface area contributed by atoms with Gasteiger partial charge in [-0.05, 0) is 25.8 Å². The summed E-state index contributed by atoms with van der Waals surface area (Å²) in [6.45, 7) is 5.88. The van der Waals surface area contributed by atoms with Gasteiger partial charge in [0.15, 0.2) is 0 Å². The Balaban J connectivity index is 2.43. The second kappa shape index (κ2) is 13.3. The predicted molar refractivity (Wildman–Crippen MR) is 109 cm³/mol. The summed E-state index contributed by atoms with van der Waals surface area (Å²) in [5.41, 5.74) is 0.792. The Bertz CT molecular complexity index is 672. The molecule has 164 valence electrons. The van der Waals surface area contributed by atoms with E-state index in [2.05, 4.69) is 10.6 Å². The van der Waals surface area contributed by atoms with Gasteiger partial charge in [-0.25, -0.2) is 9.59 Å². The Morgan fingerprint density at radius 3 is 2.48 bits per heavy atom. The third-order valence-electron chi connectivity index (χ3n) is 3.96. The lowest BCUT2D eigenvalue weighted by Crippen LogP contribution is -2.47. The molecule has 0 aromatic heterocycles. The SMILES string of the molecule is CCOP(=O)(CCNCC(NC(=O)OCc1ccccc1)C(=O)O)OC(C)CC. The number of nitrogens with one attached hydrogen (secondary N) is 2. The summed E-state index contributed by atoms with van der Waals surface area (Å²) < 4.78 is 28.5. The molecular weight excluding hydrogens is 399 g/mol. The molecule has 3 unspecified atom stereocenters. The average Bonchev–Trinajstić information content (AvgIpc) is 2.69. The minimum Gasteiger partial charge on any atom is -0.480 e. The second-order valence-corrected chi connectivity index (χ2v) is 8.52. The molecule has 3 atom stereocenters. The first-order chi connectivity index (χ1) is 13.8. The molecule has 0 aliphatic heterocycles. The predicted octanol–water partition coefficient (Wildman–Crippen LogP) is 3.00. The van der Waals surface area contributed by atoms with Gasteiger partial charge >= 0.3 is 19.7 Å². The first kappa shape index (κ1) is 25.1. The van der Waals surface area contributed by atoms with E-state index in [1.165, 1.54) is 0 Å². The number of alkyl carbamates (subject to hydrolysis) is 1. The quantitative estimate of drug-likeness (QED) is 0.304. The fraction of sp³-hybridized carbons (Fsp3) is 0.579. The number of carbonyl (C=O) groups is 2. The van der Waals surface area contributed by atoms with Gasteiger partial charge in [-0.3, -0.25) is 4.57 Å². The minimum absolute atomic E-state index is 0.0386. The number of rotatable bonds is 14. The number of carboxylic acids is 1. The number of carbonyl (C=O) groups excluding carboxylic acids is 1. The highest BCUT2D eigenvalue weighted by molar-refractivity contribution is 7.53. The van der Waals surface area contributed by atoms with Crippen LogP contribution >= 0.6 is 7.60 Å². The van der Waals surface area contributed by atoms with Crippen molar-refractivity contribution < 1.29 is 33.0 Å². The van der Waals surface area contributed by atoms with Crippen molar-refractivity contribution in [2.24, 2.45) is 0 Å². The first-order valence-electron chi connectivity index (χ1n) is 9.62. The van der Waals surface area contributed by atoms with Crippen LogP contribution in [0.3, 0.4) is 0 Å². The number of benzene rings is 1. The zero-order chi connectivity index (χ0) is 21.7. The lowest BCUT2D eigenvalue weighted by Gasteiger charge is -2.22. The molecular formula is C19H31N2O7P. The Labute approximate surface area is 171 Å². The molecule has 1 amide bonds. The van der Waals surface area contributed by atoms with Gasteiger partial charge in [-0.2, -0.15) is 0 Å². The summed E-state index contributed by atoms with van der Waals surface area (Å²) in [6, 6.07) is 7.86. The third-order valence-corrected chi connectivity index (χ3v) is 6.06. The zero-order valence-corrected chi connectivity index (χ0v) is 18.0. The van der Waals surface area contributed by atoms with Gasteiger partial charge < -0.3 is 29.5 Å². The van der Waals surface area contributed by atoms with Crippen LogP contribution < -0.4 is 10.6 Å². The van der Waals surface area contributed by atoms with Crippen LogP contribution in [0.5, 0.6) is 0 Å². The van der Waals surface area contributed by atoms with Crippen LogP contribution in [-0.4, -0.2) is 55.2 Å². The Kier molecular flexibility index (Phi) is 11.5. The van der Waals surface area contributed by atoms with E-state index in [1.54, 1.807) is 19.1 Å². The van der Waals surface area contributed by atoms with Crippen LogP contribution in [0.2, 0.25) is 0 Å². The number of aliphatic carboxylic acids is 1. The van der Waals surface area contributed by atoms with Gasteiger partial charge in [0.2, 0.25) is 0 Å². The average molecular weight is 430 g/mol. The van der Waals surface area contributed by atoms with Gasteiger partial charge in [0, 0.05) is 13.1 Å². The van der Waals surface area contributed by atoms with E-state index in [0.717, 1.165) is 5.56 Å². The topological polar surface area (TPSA) is 123 Å². The fourth-order valence-electron chi connectivity index (χ4n) is 2.26. The first-order valence-corrected chi connectivity index (χ1v) is 11.3. The van der Waals surface area contributed by atoms with Crippen LogP contribution in [0.1, 0.15) is 32.8 Å². The number of hydrogen-bond donors (Lipinski definition) is 3.